The molecule has 0 amide bonds. The molecule has 0 bridgehead atoms. The van der Waals surface area contributed by atoms with Crippen molar-refractivity contribution in [2.24, 2.45) is 0 Å². The van der Waals surface area contributed by atoms with Gasteiger partial charge in [-0.05, 0) is 40.2 Å². The monoisotopic (exact) mass is 390 g/mol. The molecule has 0 spiro atoms. The van der Waals surface area contributed by atoms with E-state index >= 15 is 0 Å². The summed E-state index contributed by atoms with van der Waals surface area (Å²) in [4.78, 5) is 4.27. The Balaban J connectivity index is 2.40. The highest BCUT2D eigenvalue weighted by atomic mass is 79.9. The topological polar surface area (TPSA) is 17.8 Å². The summed E-state index contributed by atoms with van der Waals surface area (Å²) in [5.41, 5.74) is 1.49. The summed E-state index contributed by atoms with van der Waals surface area (Å²) in [5, 5.41) is -0.0303. The minimum absolute atomic E-state index is 0.0303. The van der Waals surface area contributed by atoms with E-state index in [1.807, 2.05) is 0 Å². The zero-order valence-electron chi connectivity index (χ0n) is 10.4. The van der Waals surface area contributed by atoms with Crippen molar-refractivity contribution in [3.05, 3.63) is 57.3 Å². The molecule has 0 N–H and O–H groups in total. The predicted molar refractivity (Wildman–Crippen MR) is 83.3 cm³/mol. The Labute approximate surface area is 137 Å². The Morgan fingerprint density at radius 2 is 1.95 bits per heavy atom. The average Bonchev–Trinajstić information content (AvgIpc) is 2.79. The van der Waals surface area contributed by atoms with Crippen LogP contribution in [0.4, 0.5) is 8.78 Å². The van der Waals surface area contributed by atoms with Crippen LogP contribution in [0.15, 0.2) is 34.8 Å². The number of alkyl halides is 1. The molecule has 2 aromatic carbocycles. The SMILES string of the molecule is Fc1ccc(Br)c(-n2c(CCl)nc3cc(F)c(Cl)cc32)c1. The third-order valence-corrected chi connectivity index (χ3v) is 4.23. The molecule has 2 nitrogen and oxygen atoms in total. The van der Waals surface area contributed by atoms with E-state index in [9.17, 15) is 8.78 Å². The lowest BCUT2D eigenvalue weighted by molar-refractivity contribution is 0.626. The number of fused-ring (bicyclic) bond motifs is 1. The second-order valence-corrected chi connectivity index (χ2v) is 5.88. The van der Waals surface area contributed by atoms with Crippen LogP contribution in [0.25, 0.3) is 16.7 Å². The Hall–Kier alpha value is -1.17. The molecule has 108 valence electrons. The number of halogens is 5. The quantitative estimate of drug-likeness (QED) is 0.530. The van der Waals surface area contributed by atoms with E-state index in [4.69, 9.17) is 23.2 Å². The van der Waals surface area contributed by atoms with E-state index in [2.05, 4.69) is 20.9 Å². The molecule has 1 heterocycles. The predicted octanol–water partition coefficient (Wildman–Crippen LogP) is 5.46. The molecule has 0 fully saturated rings. The molecule has 0 aliphatic heterocycles. The second kappa shape index (κ2) is 5.55. The fourth-order valence-electron chi connectivity index (χ4n) is 2.14. The fraction of sp³-hybridized carbons (Fsp3) is 0.0714. The number of benzene rings is 2. The van der Waals surface area contributed by atoms with Crippen molar-refractivity contribution in [3.63, 3.8) is 0 Å². The van der Waals surface area contributed by atoms with E-state index < -0.39 is 11.6 Å². The molecule has 0 atom stereocenters. The highest BCUT2D eigenvalue weighted by Gasteiger charge is 2.16. The van der Waals surface area contributed by atoms with Gasteiger partial charge in [0.05, 0.1) is 27.6 Å². The van der Waals surface area contributed by atoms with Crippen molar-refractivity contribution in [1.82, 2.24) is 9.55 Å². The van der Waals surface area contributed by atoms with Crippen molar-refractivity contribution < 1.29 is 8.78 Å². The molecule has 0 unspecified atom stereocenters. The van der Waals surface area contributed by atoms with Crippen LogP contribution in [0.5, 0.6) is 0 Å². The van der Waals surface area contributed by atoms with E-state index in [1.165, 1.54) is 24.3 Å². The number of aromatic nitrogens is 2. The second-order valence-electron chi connectivity index (χ2n) is 4.35. The van der Waals surface area contributed by atoms with Crippen LogP contribution in [0.3, 0.4) is 0 Å². The third kappa shape index (κ3) is 2.54. The first-order valence-corrected chi connectivity index (χ1v) is 7.59. The summed E-state index contributed by atoms with van der Waals surface area (Å²) in [6.07, 6.45) is 0. The van der Waals surface area contributed by atoms with E-state index in [-0.39, 0.29) is 10.9 Å². The van der Waals surface area contributed by atoms with Gasteiger partial charge in [-0.25, -0.2) is 13.8 Å². The van der Waals surface area contributed by atoms with Gasteiger partial charge in [0.1, 0.15) is 17.5 Å². The highest BCUT2D eigenvalue weighted by Crippen LogP contribution is 2.31. The maximum absolute atomic E-state index is 13.6. The first-order chi connectivity index (χ1) is 10.0. The molecule has 3 rings (SSSR count). The molecule has 1 aromatic heterocycles. The molecule has 0 aliphatic carbocycles. The van der Waals surface area contributed by atoms with Gasteiger partial charge in [0.25, 0.3) is 0 Å². The Morgan fingerprint density at radius 3 is 2.67 bits per heavy atom. The number of hydrogen-bond acceptors (Lipinski definition) is 1. The summed E-state index contributed by atoms with van der Waals surface area (Å²) in [5.74, 6) is -0.395. The fourth-order valence-corrected chi connectivity index (χ4v) is 2.90. The van der Waals surface area contributed by atoms with Gasteiger partial charge < -0.3 is 0 Å². The standard InChI is InChI=1S/C14H7BrCl2F2N2/c15-8-2-1-7(18)3-12(8)21-13-4-9(17)10(19)5-11(13)20-14(21)6-16/h1-5H,6H2. The molecule has 0 saturated heterocycles. The van der Waals surface area contributed by atoms with Crippen LogP contribution in [0.2, 0.25) is 5.02 Å². The van der Waals surface area contributed by atoms with Gasteiger partial charge in [0, 0.05) is 10.5 Å². The van der Waals surface area contributed by atoms with Crippen LogP contribution in [0, 0.1) is 11.6 Å². The lowest BCUT2D eigenvalue weighted by Gasteiger charge is -2.10. The van der Waals surface area contributed by atoms with Gasteiger partial charge in [-0.1, -0.05) is 11.6 Å². The molecular formula is C14H7BrCl2F2N2. The summed E-state index contributed by atoms with van der Waals surface area (Å²) in [7, 11) is 0. The third-order valence-electron chi connectivity index (χ3n) is 3.03. The summed E-state index contributed by atoms with van der Waals surface area (Å²) in [6.45, 7) is 0. The largest absolute Gasteiger partial charge is 0.294 e. The molecule has 0 aliphatic rings. The normalized spacial score (nSPS) is 11.3. The van der Waals surface area contributed by atoms with Gasteiger partial charge in [-0.2, -0.15) is 0 Å². The van der Waals surface area contributed by atoms with E-state index in [0.29, 0.717) is 27.0 Å². The highest BCUT2D eigenvalue weighted by molar-refractivity contribution is 9.10. The average molecular weight is 392 g/mol. The maximum atomic E-state index is 13.6. The van der Waals surface area contributed by atoms with E-state index in [1.54, 1.807) is 10.6 Å². The zero-order chi connectivity index (χ0) is 15.1. The maximum Gasteiger partial charge on any atom is 0.144 e. The van der Waals surface area contributed by atoms with Crippen molar-refractivity contribution in [2.45, 2.75) is 5.88 Å². The van der Waals surface area contributed by atoms with Gasteiger partial charge in [0.2, 0.25) is 0 Å². The number of hydrogen-bond donors (Lipinski definition) is 0. The minimum atomic E-state index is -0.562. The number of rotatable bonds is 2. The molecule has 3 aromatic rings. The molecule has 21 heavy (non-hydrogen) atoms. The van der Waals surface area contributed by atoms with Crippen LogP contribution in [-0.4, -0.2) is 9.55 Å². The summed E-state index contributed by atoms with van der Waals surface area (Å²) in [6, 6.07) is 6.95. The smallest absolute Gasteiger partial charge is 0.144 e. The molecule has 7 heteroatoms. The van der Waals surface area contributed by atoms with Crippen LogP contribution in [0.1, 0.15) is 5.82 Å². The van der Waals surface area contributed by atoms with Crippen molar-refractivity contribution >= 4 is 50.2 Å². The Kier molecular flexibility index (Phi) is 3.90. The number of nitrogens with zero attached hydrogens (tertiary/aromatic N) is 2. The minimum Gasteiger partial charge on any atom is -0.294 e. The van der Waals surface area contributed by atoms with Crippen molar-refractivity contribution in [1.29, 1.82) is 0 Å². The first-order valence-electron chi connectivity index (χ1n) is 5.89. The van der Waals surface area contributed by atoms with Gasteiger partial charge in [-0.15, -0.1) is 11.6 Å². The molecular weight excluding hydrogens is 385 g/mol. The van der Waals surface area contributed by atoms with Gasteiger partial charge in [-0.3, -0.25) is 4.57 Å². The van der Waals surface area contributed by atoms with Gasteiger partial charge in [0.15, 0.2) is 0 Å². The van der Waals surface area contributed by atoms with Crippen LogP contribution in [-0.2, 0) is 5.88 Å². The van der Waals surface area contributed by atoms with Crippen molar-refractivity contribution in [2.75, 3.05) is 0 Å². The van der Waals surface area contributed by atoms with Crippen LogP contribution >= 0.6 is 39.1 Å². The lowest BCUT2D eigenvalue weighted by Crippen LogP contribution is -2.01. The lowest BCUT2D eigenvalue weighted by atomic mass is 10.2. The Morgan fingerprint density at radius 1 is 1.19 bits per heavy atom. The van der Waals surface area contributed by atoms with Crippen molar-refractivity contribution in [3.8, 4) is 5.69 Å². The zero-order valence-corrected chi connectivity index (χ0v) is 13.5. The number of imidazole rings is 1. The first kappa shape index (κ1) is 14.8. The van der Waals surface area contributed by atoms with Crippen LogP contribution < -0.4 is 0 Å². The summed E-state index contributed by atoms with van der Waals surface area (Å²) < 4.78 is 29.4. The van der Waals surface area contributed by atoms with E-state index in [0.717, 1.165) is 0 Å². The molecule has 0 saturated carbocycles. The van der Waals surface area contributed by atoms with Gasteiger partial charge >= 0.3 is 0 Å². The Bertz CT molecular complexity index is 849. The molecule has 0 radical (unpaired) electrons. The summed E-state index contributed by atoms with van der Waals surface area (Å²) >= 11 is 15.1.